The molecule has 2 aromatic rings. The number of pyridine rings is 1. The second-order valence-electron chi connectivity index (χ2n) is 7.02. The fourth-order valence-corrected chi connectivity index (χ4v) is 4.32. The number of anilines is 2. The number of aryl methyl sites for hydroxylation is 1. The number of hydrazine groups is 1. The third kappa shape index (κ3) is 5.53. The SMILES string of the molecule is CCS(=O)(=O)N1CCN(Cc2cccc(N(C=O)Nc3ccc(C)nc3)c2)CC1. The zero-order valence-electron chi connectivity index (χ0n) is 16.8. The van der Waals surface area contributed by atoms with Crippen molar-refractivity contribution in [1.82, 2.24) is 14.2 Å². The molecule has 1 aromatic heterocycles. The number of carbonyl (C=O) groups is 1. The normalized spacial score (nSPS) is 15.8. The van der Waals surface area contributed by atoms with Crippen LogP contribution in [0.15, 0.2) is 42.6 Å². The van der Waals surface area contributed by atoms with Crippen LogP contribution in [0.5, 0.6) is 0 Å². The Morgan fingerprint density at radius 1 is 1.17 bits per heavy atom. The highest BCUT2D eigenvalue weighted by atomic mass is 32.2. The quantitative estimate of drug-likeness (QED) is 0.521. The van der Waals surface area contributed by atoms with Crippen LogP contribution in [0.2, 0.25) is 0 Å². The van der Waals surface area contributed by atoms with Gasteiger partial charge in [-0.25, -0.2) is 13.4 Å². The minimum absolute atomic E-state index is 0.139. The van der Waals surface area contributed by atoms with Crippen LogP contribution in [-0.2, 0) is 21.4 Å². The second kappa shape index (κ2) is 9.34. The molecule has 0 aliphatic carbocycles. The van der Waals surface area contributed by atoms with E-state index in [1.807, 2.05) is 43.3 Å². The number of hydrogen-bond donors (Lipinski definition) is 1. The largest absolute Gasteiger partial charge is 0.296 e. The van der Waals surface area contributed by atoms with Crippen molar-refractivity contribution in [3.63, 3.8) is 0 Å². The van der Waals surface area contributed by atoms with E-state index in [0.29, 0.717) is 32.7 Å². The van der Waals surface area contributed by atoms with Gasteiger partial charge < -0.3 is 0 Å². The summed E-state index contributed by atoms with van der Waals surface area (Å²) in [6.07, 6.45) is 2.41. The minimum Gasteiger partial charge on any atom is -0.296 e. The van der Waals surface area contributed by atoms with Crippen molar-refractivity contribution in [3.8, 4) is 0 Å². The van der Waals surface area contributed by atoms with Crippen molar-refractivity contribution in [3.05, 3.63) is 53.9 Å². The number of aromatic nitrogens is 1. The van der Waals surface area contributed by atoms with Crippen LogP contribution in [0.1, 0.15) is 18.2 Å². The van der Waals surface area contributed by atoms with Crippen molar-refractivity contribution in [2.45, 2.75) is 20.4 Å². The summed E-state index contributed by atoms with van der Waals surface area (Å²) < 4.78 is 25.6. The van der Waals surface area contributed by atoms with Gasteiger partial charge in [-0.1, -0.05) is 12.1 Å². The van der Waals surface area contributed by atoms with E-state index in [-0.39, 0.29) is 5.75 Å². The average Bonchev–Trinajstić information content (AvgIpc) is 2.74. The van der Waals surface area contributed by atoms with Crippen molar-refractivity contribution < 1.29 is 13.2 Å². The molecule has 1 aliphatic heterocycles. The first-order valence-electron chi connectivity index (χ1n) is 9.64. The van der Waals surface area contributed by atoms with Gasteiger partial charge in [-0.2, -0.15) is 4.31 Å². The van der Waals surface area contributed by atoms with E-state index in [0.717, 1.165) is 29.0 Å². The van der Waals surface area contributed by atoms with Gasteiger partial charge in [-0.3, -0.25) is 20.1 Å². The maximum atomic E-state index is 12.0. The lowest BCUT2D eigenvalue weighted by Crippen LogP contribution is -2.48. The van der Waals surface area contributed by atoms with Crippen LogP contribution in [0.25, 0.3) is 0 Å². The number of rotatable bonds is 8. The van der Waals surface area contributed by atoms with Gasteiger partial charge in [0.1, 0.15) is 0 Å². The summed E-state index contributed by atoms with van der Waals surface area (Å²) in [5, 5.41) is 1.42. The summed E-state index contributed by atoms with van der Waals surface area (Å²) in [5.74, 6) is 0.139. The lowest BCUT2D eigenvalue weighted by Gasteiger charge is -2.33. The number of sulfonamides is 1. The average molecular weight is 418 g/mol. The third-order valence-corrected chi connectivity index (χ3v) is 6.83. The lowest BCUT2D eigenvalue weighted by molar-refractivity contribution is -0.107. The van der Waals surface area contributed by atoms with Crippen molar-refractivity contribution in [1.29, 1.82) is 0 Å². The molecular weight excluding hydrogens is 390 g/mol. The molecule has 0 spiro atoms. The summed E-state index contributed by atoms with van der Waals surface area (Å²) in [7, 11) is -3.12. The number of benzene rings is 1. The molecule has 8 nitrogen and oxygen atoms in total. The standard InChI is InChI=1S/C20H27N5O3S/c1-3-29(27,28)24-11-9-23(10-12-24)15-18-5-4-6-20(13-18)25(16-26)22-19-8-7-17(2)21-14-19/h4-8,13-14,16,22H,3,9-12,15H2,1-2H3. The molecule has 29 heavy (non-hydrogen) atoms. The first kappa shape index (κ1) is 21.2. The maximum absolute atomic E-state index is 12.0. The Morgan fingerprint density at radius 2 is 1.93 bits per heavy atom. The highest BCUT2D eigenvalue weighted by Crippen LogP contribution is 2.19. The fraction of sp³-hybridized carbons (Fsp3) is 0.400. The van der Waals surface area contributed by atoms with Gasteiger partial charge in [0.25, 0.3) is 0 Å². The summed E-state index contributed by atoms with van der Waals surface area (Å²) in [6, 6.07) is 11.5. The highest BCUT2D eigenvalue weighted by Gasteiger charge is 2.25. The smallest absolute Gasteiger partial charge is 0.232 e. The van der Waals surface area contributed by atoms with E-state index < -0.39 is 10.0 Å². The van der Waals surface area contributed by atoms with Gasteiger partial charge in [-0.05, 0) is 43.7 Å². The minimum atomic E-state index is -3.12. The molecule has 9 heteroatoms. The third-order valence-electron chi connectivity index (χ3n) is 4.95. The Bertz CT molecular complexity index is 925. The highest BCUT2D eigenvalue weighted by molar-refractivity contribution is 7.89. The van der Waals surface area contributed by atoms with Gasteiger partial charge in [0.15, 0.2) is 0 Å². The Kier molecular flexibility index (Phi) is 6.83. The molecule has 1 aromatic carbocycles. The van der Waals surface area contributed by atoms with Crippen LogP contribution in [0.3, 0.4) is 0 Å². The number of carbonyl (C=O) groups excluding carboxylic acids is 1. The second-order valence-corrected chi connectivity index (χ2v) is 9.28. The van der Waals surface area contributed by atoms with Gasteiger partial charge in [-0.15, -0.1) is 0 Å². The molecule has 156 valence electrons. The van der Waals surface area contributed by atoms with Crippen molar-refractivity contribution in [2.75, 3.05) is 42.4 Å². The van der Waals surface area contributed by atoms with E-state index in [2.05, 4.69) is 15.3 Å². The molecule has 2 heterocycles. The van der Waals surface area contributed by atoms with Crippen LogP contribution in [0, 0.1) is 6.92 Å². The molecule has 0 radical (unpaired) electrons. The van der Waals surface area contributed by atoms with Crippen LogP contribution >= 0.6 is 0 Å². The van der Waals surface area contributed by atoms with Crippen molar-refractivity contribution in [2.24, 2.45) is 0 Å². The Labute approximate surface area is 172 Å². The number of amides is 1. The van der Waals surface area contributed by atoms with Gasteiger partial charge in [0.2, 0.25) is 16.4 Å². The first-order chi connectivity index (χ1) is 13.9. The van der Waals surface area contributed by atoms with E-state index in [9.17, 15) is 13.2 Å². The van der Waals surface area contributed by atoms with Gasteiger partial charge >= 0.3 is 0 Å². The summed E-state index contributed by atoms with van der Waals surface area (Å²) in [6.45, 7) is 6.68. The zero-order valence-corrected chi connectivity index (χ0v) is 17.6. The number of hydrogen-bond acceptors (Lipinski definition) is 6. The number of piperazine rings is 1. The molecule has 0 saturated carbocycles. The molecule has 1 saturated heterocycles. The molecule has 0 atom stereocenters. The first-order valence-corrected chi connectivity index (χ1v) is 11.2. The summed E-state index contributed by atoms with van der Waals surface area (Å²) in [5.41, 5.74) is 6.46. The Hall–Kier alpha value is -2.49. The molecule has 1 N–H and O–H groups in total. The van der Waals surface area contributed by atoms with Gasteiger partial charge in [0.05, 0.1) is 23.3 Å². The van der Waals surface area contributed by atoms with E-state index in [1.165, 1.54) is 5.01 Å². The van der Waals surface area contributed by atoms with E-state index in [4.69, 9.17) is 0 Å². The van der Waals surface area contributed by atoms with Crippen LogP contribution in [-0.4, -0.2) is 60.9 Å². The summed E-state index contributed by atoms with van der Waals surface area (Å²) in [4.78, 5) is 18.1. The number of nitrogens with one attached hydrogen (secondary N) is 1. The Balaban J connectivity index is 1.63. The predicted molar refractivity (Wildman–Crippen MR) is 114 cm³/mol. The van der Waals surface area contributed by atoms with E-state index >= 15 is 0 Å². The molecule has 0 bridgehead atoms. The molecule has 1 aliphatic rings. The molecule has 1 amide bonds. The molecule has 1 fully saturated rings. The lowest BCUT2D eigenvalue weighted by atomic mass is 10.1. The van der Waals surface area contributed by atoms with E-state index in [1.54, 1.807) is 17.4 Å². The number of nitrogens with zero attached hydrogens (tertiary/aromatic N) is 4. The summed E-state index contributed by atoms with van der Waals surface area (Å²) >= 11 is 0. The van der Waals surface area contributed by atoms with Crippen molar-refractivity contribution >= 4 is 27.8 Å². The van der Waals surface area contributed by atoms with Gasteiger partial charge in [0, 0.05) is 38.4 Å². The predicted octanol–water partition coefficient (Wildman–Crippen LogP) is 1.85. The zero-order chi connectivity index (χ0) is 20.9. The van der Waals surface area contributed by atoms with Crippen LogP contribution < -0.4 is 10.4 Å². The van der Waals surface area contributed by atoms with Crippen LogP contribution in [0.4, 0.5) is 11.4 Å². The molecule has 3 rings (SSSR count). The maximum Gasteiger partial charge on any atom is 0.232 e. The fourth-order valence-electron chi connectivity index (χ4n) is 3.24. The molecule has 0 unspecified atom stereocenters. The topological polar surface area (TPSA) is 85.9 Å². The monoisotopic (exact) mass is 417 g/mol. The Morgan fingerprint density at radius 3 is 2.55 bits per heavy atom. The molecular formula is C20H27N5O3S.